The van der Waals surface area contributed by atoms with E-state index in [0.29, 0.717) is 6.54 Å². The highest BCUT2D eigenvalue weighted by atomic mass is 16.2. The molecule has 0 aliphatic carbocycles. The van der Waals surface area contributed by atoms with Crippen molar-refractivity contribution in [1.82, 2.24) is 10.2 Å². The molecule has 21 heavy (non-hydrogen) atoms. The van der Waals surface area contributed by atoms with Crippen LogP contribution in [-0.4, -0.2) is 29.3 Å². The summed E-state index contributed by atoms with van der Waals surface area (Å²) < 4.78 is 0. The summed E-state index contributed by atoms with van der Waals surface area (Å²) in [5.41, 5.74) is 3.13. The highest BCUT2D eigenvalue weighted by molar-refractivity contribution is 5.95. The number of nitrogens with zero attached hydrogens (tertiary/aromatic N) is 1. The molecule has 1 aromatic rings. The predicted octanol–water partition coefficient (Wildman–Crippen LogP) is 2.18. The Bertz CT molecular complexity index is 552. The van der Waals surface area contributed by atoms with Gasteiger partial charge in [0.1, 0.15) is 6.04 Å². The second-order valence-corrected chi connectivity index (χ2v) is 7.06. The second-order valence-electron chi connectivity index (χ2n) is 7.06. The molecule has 1 unspecified atom stereocenters. The van der Waals surface area contributed by atoms with Crippen molar-refractivity contribution in [3.8, 4) is 0 Å². The van der Waals surface area contributed by atoms with E-state index in [-0.39, 0.29) is 23.8 Å². The van der Waals surface area contributed by atoms with Crippen LogP contribution in [-0.2, 0) is 16.1 Å². The van der Waals surface area contributed by atoms with Crippen LogP contribution in [0.1, 0.15) is 37.5 Å². The lowest BCUT2D eigenvalue weighted by Crippen LogP contribution is -2.61. The van der Waals surface area contributed by atoms with Gasteiger partial charge in [-0.25, -0.2) is 0 Å². The summed E-state index contributed by atoms with van der Waals surface area (Å²) in [6.45, 7) is 10.6. The van der Waals surface area contributed by atoms with E-state index >= 15 is 0 Å². The van der Waals surface area contributed by atoms with Gasteiger partial charge >= 0.3 is 0 Å². The maximum Gasteiger partial charge on any atom is 0.246 e. The van der Waals surface area contributed by atoms with Crippen LogP contribution in [0, 0.1) is 19.3 Å². The molecule has 0 bridgehead atoms. The van der Waals surface area contributed by atoms with E-state index in [2.05, 4.69) is 23.5 Å². The fourth-order valence-corrected chi connectivity index (χ4v) is 2.80. The molecule has 1 N–H and O–H groups in total. The number of carbonyl (C=O) groups is 2. The first-order chi connectivity index (χ1) is 9.66. The molecule has 2 rings (SSSR count). The molecule has 0 spiro atoms. The molecule has 4 heteroatoms. The third kappa shape index (κ3) is 3.63. The molecular weight excluding hydrogens is 264 g/mol. The van der Waals surface area contributed by atoms with Crippen molar-refractivity contribution in [2.45, 2.75) is 47.2 Å². The van der Waals surface area contributed by atoms with Crippen LogP contribution in [0.4, 0.5) is 0 Å². The lowest BCUT2D eigenvalue weighted by Gasteiger charge is -2.39. The number of nitrogens with one attached hydrogen (secondary N) is 1. The minimum Gasteiger partial charge on any atom is -0.342 e. The van der Waals surface area contributed by atoms with Crippen molar-refractivity contribution in [1.29, 1.82) is 0 Å². The number of benzene rings is 1. The Balaban J connectivity index is 2.22. The fourth-order valence-electron chi connectivity index (χ4n) is 2.80. The average molecular weight is 288 g/mol. The van der Waals surface area contributed by atoms with E-state index in [1.165, 1.54) is 11.1 Å². The number of piperazine rings is 1. The van der Waals surface area contributed by atoms with Crippen molar-refractivity contribution < 1.29 is 9.59 Å². The zero-order valence-electron chi connectivity index (χ0n) is 13.5. The first-order valence-corrected chi connectivity index (χ1v) is 7.32. The largest absolute Gasteiger partial charge is 0.342 e. The third-order valence-corrected chi connectivity index (χ3v) is 3.72. The zero-order chi connectivity index (χ0) is 15.8. The molecule has 1 saturated heterocycles. The number of amides is 2. The molecule has 0 radical (unpaired) electrons. The van der Waals surface area contributed by atoms with Gasteiger partial charge in [0.15, 0.2) is 0 Å². The Morgan fingerprint density at radius 2 is 1.71 bits per heavy atom. The van der Waals surface area contributed by atoms with Crippen LogP contribution in [0.25, 0.3) is 0 Å². The molecule has 1 aliphatic rings. The number of carbonyl (C=O) groups excluding carboxylic acids is 2. The van der Waals surface area contributed by atoms with Crippen LogP contribution < -0.4 is 5.32 Å². The lowest BCUT2D eigenvalue weighted by atomic mass is 9.84. The second kappa shape index (κ2) is 5.51. The van der Waals surface area contributed by atoms with E-state index in [0.717, 1.165) is 5.56 Å². The van der Waals surface area contributed by atoms with Crippen LogP contribution in [0.2, 0.25) is 0 Å². The number of aryl methyl sites for hydroxylation is 2. The minimum absolute atomic E-state index is 0.00117. The van der Waals surface area contributed by atoms with Crippen molar-refractivity contribution in [2.75, 3.05) is 6.54 Å². The van der Waals surface area contributed by atoms with Gasteiger partial charge in [0.25, 0.3) is 0 Å². The summed E-state index contributed by atoms with van der Waals surface area (Å²) in [6, 6.07) is 5.79. The van der Waals surface area contributed by atoms with Crippen molar-refractivity contribution >= 4 is 11.8 Å². The lowest BCUT2D eigenvalue weighted by molar-refractivity contribution is -0.147. The topological polar surface area (TPSA) is 49.4 Å². The molecule has 0 saturated carbocycles. The Morgan fingerprint density at radius 1 is 1.14 bits per heavy atom. The third-order valence-electron chi connectivity index (χ3n) is 3.72. The van der Waals surface area contributed by atoms with Crippen LogP contribution in [0.5, 0.6) is 0 Å². The predicted molar refractivity (Wildman–Crippen MR) is 82.7 cm³/mol. The zero-order valence-corrected chi connectivity index (χ0v) is 13.5. The monoisotopic (exact) mass is 288 g/mol. The van der Waals surface area contributed by atoms with Gasteiger partial charge < -0.3 is 10.2 Å². The molecular formula is C17H24N2O2. The summed E-state index contributed by atoms with van der Waals surface area (Å²) in [6.07, 6.45) is 0. The Labute approximate surface area is 126 Å². The number of rotatable bonds is 2. The van der Waals surface area contributed by atoms with Crippen LogP contribution in [0.3, 0.4) is 0 Å². The van der Waals surface area contributed by atoms with Gasteiger partial charge in [-0.3, -0.25) is 9.59 Å². The van der Waals surface area contributed by atoms with Gasteiger partial charge in [0.2, 0.25) is 11.8 Å². The Hall–Kier alpha value is -1.84. The van der Waals surface area contributed by atoms with Gasteiger partial charge in [-0.15, -0.1) is 0 Å². The van der Waals surface area contributed by atoms with Gasteiger partial charge in [0, 0.05) is 6.54 Å². The highest BCUT2D eigenvalue weighted by Crippen LogP contribution is 2.24. The molecule has 1 heterocycles. The minimum atomic E-state index is -0.454. The SMILES string of the molecule is Cc1cc(C)cc(CN2CC(=O)NC(C(C)(C)C)C2=O)c1. The Kier molecular flexibility index (Phi) is 4.08. The molecule has 114 valence electrons. The molecule has 1 aromatic carbocycles. The summed E-state index contributed by atoms with van der Waals surface area (Å²) in [5, 5.41) is 2.81. The van der Waals surface area contributed by atoms with Gasteiger partial charge in [-0.2, -0.15) is 0 Å². The maximum atomic E-state index is 12.6. The van der Waals surface area contributed by atoms with E-state index in [4.69, 9.17) is 0 Å². The number of hydrogen-bond acceptors (Lipinski definition) is 2. The summed E-state index contributed by atoms with van der Waals surface area (Å²) in [7, 11) is 0. The van der Waals surface area contributed by atoms with E-state index in [1.54, 1.807) is 4.90 Å². The first kappa shape index (κ1) is 15.5. The van der Waals surface area contributed by atoms with Gasteiger partial charge in [-0.05, 0) is 24.8 Å². The van der Waals surface area contributed by atoms with Crippen LogP contribution >= 0.6 is 0 Å². The molecule has 1 fully saturated rings. The van der Waals surface area contributed by atoms with E-state index < -0.39 is 6.04 Å². The van der Waals surface area contributed by atoms with Crippen molar-refractivity contribution in [3.05, 3.63) is 34.9 Å². The standard InChI is InChI=1S/C17H24N2O2/c1-11-6-12(2)8-13(7-11)9-19-10-14(20)18-15(16(19)21)17(3,4)5/h6-8,15H,9-10H2,1-5H3,(H,18,20). The molecule has 2 amide bonds. The van der Waals surface area contributed by atoms with E-state index in [9.17, 15) is 9.59 Å². The highest BCUT2D eigenvalue weighted by Gasteiger charge is 2.39. The smallest absolute Gasteiger partial charge is 0.246 e. The molecule has 1 atom stereocenters. The van der Waals surface area contributed by atoms with Gasteiger partial charge in [0.05, 0.1) is 6.54 Å². The summed E-state index contributed by atoms with van der Waals surface area (Å²) in [5.74, 6) is -0.0832. The van der Waals surface area contributed by atoms with E-state index in [1.807, 2.05) is 34.6 Å². The quantitative estimate of drug-likeness (QED) is 0.907. The van der Waals surface area contributed by atoms with Gasteiger partial charge in [-0.1, -0.05) is 50.1 Å². The Morgan fingerprint density at radius 3 is 2.24 bits per heavy atom. The average Bonchev–Trinajstić information content (AvgIpc) is 2.30. The van der Waals surface area contributed by atoms with Crippen molar-refractivity contribution in [3.63, 3.8) is 0 Å². The molecule has 1 aliphatic heterocycles. The number of hydrogen-bond donors (Lipinski definition) is 1. The normalized spacial score (nSPS) is 19.7. The molecule has 0 aromatic heterocycles. The van der Waals surface area contributed by atoms with Crippen LogP contribution in [0.15, 0.2) is 18.2 Å². The fraction of sp³-hybridized carbons (Fsp3) is 0.529. The maximum absolute atomic E-state index is 12.6. The van der Waals surface area contributed by atoms with Crippen molar-refractivity contribution in [2.24, 2.45) is 5.41 Å². The summed E-state index contributed by atoms with van der Waals surface area (Å²) in [4.78, 5) is 26.2. The first-order valence-electron chi connectivity index (χ1n) is 7.32. The molecule has 4 nitrogen and oxygen atoms in total. The summed E-state index contributed by atoms with van der Waals surface area (Å²) >= 11 is 0.